The zero-order valence-electron chi connectivity index (χ0n) is 16.9. The number of benzene rings is 2. The molecule has 2 aromatic heterocycles. The van der Waals surface area contributed by atoms with Crippen LogP contribution in [0, 0.1) is 15.9 Å². The molecule has 0 fully saturated rings. The molecule has 1 amide bonds. The number of non-ortho nitro benzene ring substituents is 1. The maximum Gasteiger partial charge on any atom is 0.269 e. The lowest BCUT2D eigenvalue weighted by Gasteiger charge is -2.25. The highest BCUT2D eigenvalue weighted by Gasteiger charge is 2.21. The Morgan fingerprint density at radius 3 is 2.74 bits per heavy atom. The first kappa shape index (κ1) is 20.7. The second kappa shape index (κ2) is 8.27. The maximum atomic E-state index is 13.2. The van der Waals surface area contributed by atoms with Crippen molar-refractivity contribution in [3.8, 4) is 11.3 Å². The Morgan fingerprint density at radius 2 is 2.03 bits per heavy atom. The van der Waals surface area contributed by atoms with Gasteiger partial charge in [0.1, 0.15) is 5.82 Å². The third-order valence-corrected chi connectivity index (χ3v) is 6.18. The van der Waals surface area contributed by atoms with Gasteiger partial charge in [0.15, 0.2) is 4.96 Å². The summed E-state index contributed by atoms with van der Waals surface area (Å²) in [5.74, 6) is -0.423. The molecule has 31 heavy (non-hydrogen) atoms. The Hall–Kier alpha value is -3.59. The molecule has 0 N–H and O–H groups in total. The average molecular weight is 438 g/mol. The highest BCUT2D eigenvalue weighted by Crippen LogP contribution is 2.26. The number of thiazole rings is 1. The molecule has 0 aliphatic heterocycles. The lowest BCUT2D eigenvalue weighted by molar-refractivity contribution is -0.384. The molecule has 4 rings (SSSR count). The van der Waals surface area contributed by atoms with Gasteiger partial charge in [-0.25, -0.2) is 9.37 Å². The predicted octanol–water partition coefficient (Wildman–Crippen LogP) is 4.87. The molecule has 0 bridgehead atoms. The maximum absolute atomic E-state index is 13.2. The number of imidazole rings is 1. The van der Waals surface area contributed by atoms with Crippen molar-refractivity contribution >= 4 is 27.9 Å². The SMILES string of the molecule is C[C@H](c1cccc([N+](=O)[O-])c1)N(C)C(=O)Cc1csc2nc(-c3ccc(F)cc3)cn12. The van der Waals surface area contributed by atoms with Crippen molar-refractivity contribution in [1.82, 2.24) is 14.3 Å². The molecule has 0 aliphatic carbocycles. The molecule has 0 saturated carbocycles. The van der Waals surface area contributed by atoms with Gasteiger partial charge in [0.2, 0.25) is 5.91 Å². The van der Waals surface area contributed by atoms with Gasteiger partial charge in [-0.3, -0.25) is 19.3 Å². The molecule has 7 nitrogen and oxygen atoms in total. The number of hydrogen-bond acceptors (Lipinski definition) is 5. The van der Waals surface area contributed by atoms with E-state index in [4.69, 9.17) is 0 Å². The topological polar surface area (TPSA) is 80.8 Å². The first-order valence-electron chi connectivity index (χ1n) is 9.55. The van der Waals surface area contributed by atoms with Gasteiger partial charge in [0.05, 0.1) is 23.1 Å². The van der Waals surface area contributed by atoms with Crippen LogP contribution in [0.4, 0.5) is 10.1 Å². The number of aromatic nitrogens is 2. The van der Waals surface area contributed by atoms with Gasteiger partial charge in [-0.1, -0.05) is 12.1 Å². The molecule has 1 atom stereocenters. The predicted molar refractivity (Wildman–Crippen MR) is 116 cm³/mol. The quantitative estimate of drug-likeness (QED) is 0.318. The zero-order chi connectivity index (χ0) is 22.1. The van der Waals surface area contributed by atoms with Gasteiger partial charge < -0.3 is 4.90 Å². The molecule has 0 spiro atoms. The number of carbonyl (C=O) groups is 1. The summed E-state index contributed by atoms with van der Waals surface area (Å²) in [6.07, 6.45) is 2.00. The fraction of sp³-hybridized carbons (Fsp3) is 0.182. The minimum Gasteiger partial charge on any atom is -0.339 e. The van der Waals surface area contributed by atoms with Crippen LogP contribution in [0.25, 0.3) is 16.2 Å². The van der Waals surface area contributed by atoms with Crippen molar-refractivity contribution in [2.24, 2.45) is 0 Å². The van der Waals surface area contributed by atoms with Crippen LogP contribution in [-0.4, -0.2) is 32.2 Å². The van der Waals surface area contributed by atoms with Crippen molar-refractivity contribution in [1.29, 1.82) is 0 Å². The van der Waals surface area contributed by atoms with Gasteiger partial charge in [-0.05, 0) is 36.8 Å². The van der Waals surface area contributed by atoms with Crippen LogP contribution in [0.2, 0.25) is 0 Å². The molecule has 4 aromatic rings. The molecule has 2 aromatic carbocycles. The Bertz CT molecular complexity index is 1270. The highest BCUT2D eigenvalue weighted by molar-refractivity contribution is 7.15. The molecule has 0 radical (unpaired) electrons. The fourth-order valence-corrected chi connectivity index (χ4v) is 4.21. The molecule has 0 aliphatic rings. The normalized spacial score (nSPS) is 12.1. The monoisotopic (exact) mass is 438 g/mol. The lowest BCUT2D eigenvalue weighted by Crippen LogP contribution is -2.31. The van der Waals surface area contributed by atoms with E-state index in [1.165, 1.54) is 35.6 Å². The third kappa shape index (κ3) is 4.17. The minimum atomic E-state index is -0.447. The van der Waals surface area contributed by atoms with E-state index in [1.54, 1.807) is 36.2 Å². The van der Waals surface area contributed by atoms with Gasteiger partial charge in [0.25, 0.3) is 5.69 Å². The highest BCUT2D eigenvalue weighted by atomic mass is 32.1. The number of halogens is 1. The Morgan fingerprint density at radius 1 is 1.29 bits per heavy atom. The number of fused-ring (bicyclic) bond motifs is 1. The summed E-state index contributed by atoms with van der Waals surface area (Å²) in [7, 11) is 1.69. The van der Waals surface area contributed by atoms with Crippen LogP contribution in [0.3, 0.4) is 0 Å². The van der Waals surface area contributed by atoms with Crippen LogP contribution >= 0.6 is 11.3 Å². The molecule has 0 saturated heterocycles. The van der Waals surface area contributed by atoms with Crippen LogP contribution in [0.5, 0.6) is 0 Å². The molecule has 158 valence electrons. The number of hydrogen-bond donors (Lipinski definition) is 0. The van der Waals surface area contributed by atoms with Crippen LogP contribution < -0.4 is 0 Å². The van der Waals surface area contributed by atoms with Crippen molar-refractivity contribution < 1.29 is 14.1 Å². The summed E-state index contributed by atoms with van der Waals surface area (Å²) in [5.41, 5.74) is 2.99. The van der Waals surface area contributed by atoms with E-state index >= 15 is 0 Å². The van der Waals surface area contributed by atoms with Crippen LogP contribution in [0.1, 0.15) is 24.2 Å². The summed E-state index contributed by atoms with van der Waals surface area (Å²) in [6.45, 7) is 1.84. The number of amides is 1. The zero-order valence-corrected chi connectivity index (χ0v) is 17.7. The largest absolute Gasteiger partial charge is 0.339 e. The first-order chi connectivity index (χ1) is 14.8. The van der Waals surface area contributed by atoms with E-state index in [9.17, 15) is 19.3 Å². The van der Waals surface area contributed by atoms with Gasteiger partial charge in [0, 0.05) is 42.0 Å². The summed E-state index contributed by atoms with van der Waals surface area (Å²) in [5, 5.41) is 12.9. The summed E-state index contributed by atoms with van der Waals surface area (Å²) >= 11 is 1.43. The lowest BCUT2D eigenvalue weighted by atomic mass is 10.1. The second-order valence-electron chi connectivity index (χ2n) is 7.22. The van der Waals surface area contributed by atoms with E-state index in [1.807, 2.05) is 22.9 Å². The molecule has 2 heterocycles. The first-order valence-corrected chi connectivity index (χ1v) is 10.4. The number of nitro groups is 1. The Labute approximate surface area is 181 Å². The van der Waals surface area contributed by atoms with Crippen molar-refractivity contribution in [3.63, 3.8) is 0 Å². The van der Waals surface area contributed by atoms with E-state index in [0.29, 0.717) is 11.3 Å². The van der Waals surface area contributed by atoms with Crippen LogP contribution in [0.15, 0.2) is 60.1 Å². The summed E-state index contributed by atoms with van der Waals surface area (Å²) in [4.78, 5) is 30.4. The molecular weight excluding hydrogens is 419 g/mol. The molecule has 9 heteroatoms. The van der Waals surface area contributed by atoms with E-state index in [2.05, 4.69) is 4.98 Å². The smallest absolute Gasteiger partial charge is 0.269 e. The Balaban J connectivity index is 1.53. The summed E-state index contributed by atoms with van der Waals surface area (Å²) in [6, 6.07) is 12.1. The van der Waals surface area contributed by atoms with Crippen molar-refractivity contribution in [3.05, 3.63) is 87.3 Å². The van der Waals surface area contributed by atoms with E-state index < -0.39 is 4.92 Å². The molecular formula is C22H19FN4O3S. The average Bonchev–Trinajstić information content (AvgIpc) is 3.35. The number of nitro benzene ring substituents is 1. The van der Waals surface area contributed by atoms with Crippen molar-refractivity contribution in [2.75, 3.05) is 7.05 Å². The number of likely N-dealkylation sites (N-methyl/N-ethyl adjacent to an activating group) is 1. The van der Waals surface area contributed by atoms with Gasteiger partial charge in [-0.2, -0.15) is 0 Å². The van der Waals surface area contributed by atoms with Crippen LogP contribution in [-0.2, 0) is 11.2 Å². The minimum absolute atomic E-state index is 0.00326. The van der Waals surface area contributed by atoms with Gasteiger partial charge >= 0.3 is 0 Å². The van der Waals surface area contributed by atoms with E-state index in [-0.39, 0.29) is 29.9 Å². The third-order valence-electron chi connectivity index (χ3n) is 5.29. The Kier molecular flexibility index (Phi) is 5.51. The number of rotatable bonds is 6. The van der Waals surface area contributed by atoms with Crippen molar-refractivity contribution in [2.45, 2.75) is 19.4 Å². The fourth-order valence-electron chi connectivity index (χ4n) is 3.33. The number of nitrogens with zero attached hydrogens (tertiary/aromatic N) is 4. The molecule has 0 unspecified atom stereocenters. The number of carbonyl (C=O) groups excluding carboxylic acids is 1. The summed E-state index contributed by atoms with van der Waals surface area (Å²) < 4.78 is 15.0. The van der Waals surface area contributed by atoms with Gasteiger partial charge in [-0.15, -0.1) is 11.3 Å². The standard InChI is InChI=1S/C22H19FN4O3S/c1-14(16-4-3-5-18(10-16)27(29)30)25(2)21(28)11-19-13-31-22-24-20(12-26(19)22)15-6-8-17(23)9-7-15/h3-10,12-14H,11H2,1-2H3/t14-/m1/s1. The second-order valence-corrected chi connectivity index (χ2v) is 8.06. The van der Waals surface area contributed by atoms with E-state index in [0.717, 1.165) is 16.2 Å².